The lowest BCUT2D eigenvalue weighted by Gasteiger charge is -2.10. The molecule has 98 valence electrons. The SMILES string of the molecule is Cc1ccc(CCNC(=O)NC(C)C(=O)O)cc1. The fraction of sp³-hybridized carbons (Fsp3) is 0.385. The van der Waals surface area contributed by atoms with E-state index in [0.29, 0.717) is 6.54 Å². The van der Waals surface area contributed by atoms with E-state index in [1.165, 1.54) is 12.5 Å². The lowest BCUT2D eigenvalue weighted by molar-refractivity contribution is -0.138. The number of carbonyl (C=O) groups is 2. The Bertz CT molecular complexity index is 415. The molecule has 1 unspecified atom stereocenters. The second-order valence-electron chi connectivity index (χ2n) is 4.20. The van der Waals surface area contributed by atoms with Crippen molar-refractivity contribution in [3.8, 4) is 0 Å². The number of aliphatic carboxylic acids is 1. The minimum atomic E-state index is -1.05. The molecule has 1 aromatic rings. The summed E-state index contributed by atoms with van der Waals surface area (Å²) in [4.78, 5) is 21.8. The largest absolute Gasteiger partial charge is 0.480 e. The molecule has 5 nitrogen and oxygen atoms in total. The topological polar surface area (TPSA) is 78.4 Å². The smallest absolute Gasteiger partial charge is 0.325 e. The number of rotatable bonds is 5. The van der Waals surface area contributed by atoms with Gasteiger partial charge in [0, 0.05) is 6.54 Å². The molecule has 1 aromatic carbocycles. The van der Waals surface area contributed by atoms with Gasteiger partial charge in [-0.15, -0.1) is 0 Å². The van der Waals surface area contributed by atoms with E-state index in [2.05, 4.69) is 10.6 Å². The molecule has 1 atom stereocenters. The van der Waals surface area contributed by atoms with Crippen molar-refractivity contribution < 1.29 is 14.7 Å². The van der Waals surface area contributed by atoms with E-state index in [4.69, 9.17) is 5.11 Å². The summed E-state index contributed by atoms with van der Waals surface area (Å²) in [5, 5.41) is 13.6. The monoisotopic (exact) mass is 250 g/mol. The van der Waals surface area contributed by atoms with Crippen molar-refractivity contribution in [2.75, 3.05) is 6.54 Å². The third-order valence-corrected chi connectivity index (χ3v) is 2.54. The van der Waals surface area contributed by atoms with Crippen LogP contribution in [0.3, 0.4) is 0 Å². The van der Waals surface area contributed by atoms with Crippen LogP contribution >= 0.6 is 0 Å². The molecule has 5 heteroatoms. The van der Waals surface area contributed by atoms with Crippen molar-refractivity contribution in [1.82, 2.24) is 10.6 Å². The van der Waals surface area contributed by atoms with Crippen molar-refractivity contribution in [3.63, 3.8) is 0 Å². The molecule has 0 aromatic heterocycles. The number of benzene rings is 1. The van der Waals surface area contributed by atoms with Crippen molar-refractivity contribution in [3.05, 3.63) is 35.4 Å². The summed E-state index contributed by atoms with van der Waals surface area (Å²) in [7, 11) is 0. The van der Waals surface area contributed by atoms with Gasteiger partial charge >= 0.3 is 12.0 Å². The van der Waals surface area contributed by atoms with Crippen LogP contribution in [0, 0.1) is 6.92 Å². The lowest BCUT2D eigenvalue weighted by Crippen LogP contribution is -2.44. The number of carboxylic acids is 1. The third kappa shape index (κ3) is 4.86. The Balaban J connectivity index is 2.27. The summed E-state index contributed by atoms with van der Waals surface area (Å²) in [5.74, 6) is -1.05. The second-order valence-corrected chi connectivity index (χ2v) is 4.20. The molecule has 0 spiro atoms. The zero-order valence-electron chi connectivity index (χ0n) is 10.6. The first-order valence-corrected chi connectivity index (χ1v) is 5.82. The summed E-state index contributed by atoms with van der Waals surface area (Å²) >= 11 is 0. The van der Waals surface area contributed by atoms with Gasteiger partial charge in [0.15, 0.2) is 0 Å². The molecule has 0 fully saturated rings. The van der Waals surface area contributed by atoms with Crippen LogP contribution in [0.1, 0.15) is 18.1 Å². The molecule has 0 bridgehead atoms. The number of carbonyl (C=O) groups excluding carboxylic acids is 1. The summed E-state index contributed by atoms with van der Waals surface area (Å²) in [6.45, 7) is 3.91. The van der Waals surface area contributed by atoms with Crippen LogP contribution in [0.15, 0.2) is 24.3 Å². The molecule has 0 radical (unpaired) electrons. The Labute approximate surface area is 106 Å². The van der Waals surface area contributed by atoms with E-state index in [1.54, 1.807) is 0 Å². The van der Waals surface area contributed by atoms with E-state index in [0.717, 1.165) is 12.0 Å². The van der Waals surface area contributed by atoms with E-state index < -0.39 is 18.0 Å². The van der Waals surface area contributed by atoms with Crippen LogP contribution in [0.2, 0.25) is 0 Å². The summed E-state index contributed by atoms with van der Waals surface area (Å²) in [6.07, 6.45) is 0.717. The van der Waals surface area contributed by atoms with Crippen LogP contribution in [0.4, 0.5) is 4.79 Å². The fourth-order valence-electron chi connectivity index (χ4n) is 1.38. The second kappa shape index (κ2) is 6.64. The minimum Gasteiger partial charge on any atom is -0.480 e. The third-order valence-electron chi connectivity index (χ3n) is 2.54. The highest BCUT2D eigenvalue weighted by molar-refractivity contribution is 5.82. The fourth-order valence-corrected chi connectivity index (χ4v) is 1.38. The van der Waals surface area contributed by atoms with E-state index in [9.17, 15) is 9.59 Å². The van der Waals surface area contributed by atoms with Gasteiger partial charge in [-0.2, -0.15) is 0 Å². The molecule has 3 N–H and O–H groups in total. The average Bonchev–Trinajstić information content (AvgIpc) is 2.31. The zero-order chi connectivity index (χ0) is 13.5. The van der Waals surface area contributed by atoms with Gasteiger partial charge in [0.2, 0.25) is 0 Å². The molecule has 0 aliphatic rings. The number of urea groups is 1. The maximum atomic E-state index is 11.3. The standard InChI is InChI=1S/C13H18N2O3/c1-9-3-5-11(6-4-9)7-8-14-13(18)15-10(2)12(16)17/h3-6,10H,7-8H2,1-2H3,(H,16,17)(H2,14,15,18). The summed E-state index contributed by atoms with van der Waals surface area (Å²) in [6, 6.07) is 6.70. The molecule has 0 saturated carbocycles. The highest BCUT2D eigenvalue weighted by atomic mass is 16.4. The molecule has 1 rings (SSSR count). The first-order valence-electron chi connectivity index (χ1n) is 5.82. The number of nitrogens with one attached hydrogen (secondary N) is 2. The molecule has 0 saturated heterocycles. The van der Waals surface area contributed by atoms with Crippen LogP contribution < -0.4 is 10.6 Å². The van der Waals surface area contributed by atoms with Gasteiger partial charge in [-0.25, -0.2) is 4.79 Å². The van der Waals surface area contributed by atoms with Gasteiger partial charge in [0.05, 0.1) is 0 Å². The molecule has 0 aliphatic heterocycles. The first-order chi connectivity index (χ1) is 8.49. The predicted molar refractivity (Wildman–Crippen MR) is 68.5 cm³/mol. The first kappa shape index (κ1) is 14.0. The van der Waals surface area contributed by atoms with E-state index >= 15 is 0 Å². The maximum absolute atomic E-state index is 11.3. The average molecular weight is 250 g/mol. The Morgan fingerprint density at radius 3 is 2.44 bits per heavy atom. The van der Waals surface area contributed by atoms with Gasteiger partial charge < -0.3 is 15.7 Å². The Morgan fingerprint density at radius 2 is 1.89 bits per heavy atom. The maximum Gasteiger partial charge on any atom is 0.325 e. The zero-order valence-corrected chi connectivity index (χ0v) is 10.6. The molecule has 0 heterocycles. The van der Waals surface area contributed by atoms with Crippen LogP contribution in [-0.2, 0) is 11.2 Å². The van der Waals surface area contributed by atoms with E-state index in [-0.39, 0.29) is 0 Å². The minimum absolute atomic E-state index is 0.461. The van der Waals surface area contributed by atoms with Crippen LogP contribution in [0.5, 0.6) is 0 Å². The van der Waals surface area contributed by atoms with Crippen LogP contribution in [0.25, 0.3) is 0 Å². The van der Waals surface area contributed by atoms with Crippen LogP contribution in [-0.4, -0.2) is 29.7 Å². The molecular formula is C13H18N2O3. The molecular weight excluding hydrogens is 232 g/mol. The van der Waals surface area contributed by atoms with Crippen molar-refractivity contribution >= 4 is 12.0 Å². The van der Waals surface area contributed by atoms with Gasteiger partial charge in [0.1, 0.15) is 6.04 Å². The number of hydrogen-bond donors (Lipinski definition) is 3. The number of aryl methyl sites for hydroxylation is 1. The van der Waals surface area contributed by atoms with Crippen molar-refractivity contribution in [2.45, 2.75) is 26.3 Å². The Kier molecular flexibility index (Phi) is 5.17. The summed E-state index contributed by atoms with van der Waals surface area (Å²) < 4.78 is 0. The molecule has 0 aliphatic carbocycles. The van der Waals surface area contributed by atoms with Gasteiger partial charge in [-0.3, -0.25) is 4.79 Å². The number of hydrogen-bond acceptors (Lipinski definition) is 2. The quantitative estimate of drug-likeness (QED) is 0.737. The highest BCUT2D eigenvalue weighted by Gasteiger charge is 2.12. The van der Waals surface area contributed by atoms with E-state index in [1.807, 2.05) is 31.2 Å². The summed E-state index contributed by atoms with van der Waals surface area (Å²) in [5.41, 5.74) is 2.33. The number of carboxylic acid groups (broad SMARTS) is 1. The van der Waals surface area contributed by atoms with Gasteiger partial charge in [0.25, 0.3) is 0 Å². The molecule has 18 heavy (non-hydrogen) atoms. The molecule has 2 amide bonds. The van der Waals surface area contributed by atoms with Gasteiger partial charge in [-0.05, 0) is 25.8 Å². The lowest BCUT2D eigenvalue weighted by atomic mass is 10.1. The Hall–Kier alpha value is -2.04. The normalized spacial score (nSPS) is 11.7. The number of amides is 2. The van der Waals surface area contributed by atoms with Gasteiger partial charge in [-0.1, -0.05) is 29.8 Å². The Morgan fingerprint density at radius 1 is 1.28 bits per heavy atom. The van der Waals surface area contributed by atoms with Crippen molar-refractivity contribution in [1.29, 1.82) is 0 Å². The van der Waals surface area contributed by atoms with Crippen molar-refractivity contribution in [2.24, 2.45) is 0 Å². The predicted octanol–water partition coefficient (Wildman–Crippen LogP) is 1.31. The highest BCUT2D eigenvalue weighted by Crippen LogP contribution is 2.02.